The second kappa shape index (κ2) is 6.14. The van der Waals surface area contributed by atoms with Gasteiger partial charge in [-0.1, -0.05) is 5.16 Å². The van der Waals surface area contributed by atoms with E-state index in [2.05, 4.69) is 15.5 Å². The van der Waals surface area contributed by atoms with Crippen LogP contribution in [0, 0.1) is 6.92 Å². The maximum Gasteiger partial charge on any atom is 0.301 e. The van der Waals surface area contributed by atoms with Gasteiger partial charge in [0.05, 0.1) is 18.1 Å². The summed E-state index contributed by atoms with van der Waals surface area (Å²) in [5, 5.41) is 6.68. The third-order valence-corrected chi connectivity index (χ3v) is 5.72. The summed E-state index contributed by atoms with van der Waals surface area (Å²) in [5.74, 6) is 1.11. The highest BCUT2D eigenvalue weighted by molar-refractivity contribution is 7.89. The topological polar surface area (TPSA) is 111 Å². The zero-order chi connectivity index (χ0) is 17.4. The molecule has 1 fully saturated rings. The molecule has 9 nitrogen and oxygen atoms in total. The zero-order valence-electron chi connectivity index (χ0n) is 13.4. The molecule has 0 radical (unpaired) electrons. The molecule has 0 amide bonds. The van der Waals surface area contributed by atoms with Crippen molar-refractivity contribution in [1.29, 1.82) is 0 Å². The predicted octanol–water partition coefficient (Wildman–Crippen LogP) is 1.89. The van der Waals surface area contributed by atoms with Crippen LogP contribution in [0.4, 0.5) is 11.8 Å². The number of aryl methyl sites for hydroxylation is 1. The Morgan fingerprint density at radius 3 is 2.72 bits per heavy atom. The Balaban J connectivity index is 1.63. The zero-order valence-corrected chi connectivity index (χ0v) is 14.2. The van der Waals surface area contributed by atoms with Gasteiger partial charge in [-0.2, -0.15) is 9.29 Å². The lowest BCUT2D eigenvalue weighted by molar-refractivity contribution is 0.0730. The van der Waals surface area contributed by atoms with Gasteiger partial charge in [-0.25, -0.2) is 8.42 Å². The number of aromatic nitrogens is 2. The number of benzene rings is 1. The summed E-state index contributed by atoms with van der Waals surface area (Å²) >= 11 is 0. The Labute approximate surface area is 143 Å². The molecule has 3 aromatic rings. The summed E-state index contributed by atoms with van der Waals surface area (Å²) in [6.45, 7) is 3.26. The van der Waals surface area contributed by atoms with Gasteiger partial charge in [-0.15, -0.1) is 0 Å². The van der Waals surface area contributed by atoms with Crippen LogP contribution in [0.1, 0.15) is 5.76 Å². The molecule has 4 rings (SSSR count). The van der Waals surface area contributed by atoms with Gasteiger partial charge in [0.25, 0.3) is 0 Å². The highest BCUT2D eigenvalue weighted by atomic mass is 32.2. The van der Waals surface area contributed by atoms with E-state index in [1.54, 1.807) is 19.1 Å². The SMILES string of the molecule is Cc1cc(Nc2nc3cc(S(=O)(=O)N4CCOCC4)ccc3o2)no1. The molecule has 1 aliphatic heterocycles. The number of morpholine rings is 1. The fourth-order valence-electron chi connectivity index (χ4n) is 2.59. The van der Waals surface area contributed by atoms with E-state index >= 15 is 0 Å². The first kappa shape index (κ1) is 16.1. The van der Waals surface area contributed by atoms with E-state index in [0.29, 0.717) is 49.0 Å². The summed E-state index contributed by atoms with van der Waals surface area (Å²) in [5.41, 5.74) is 0.917. The van der Waals surface area contributed by atoms with Gasteiger partial charge in [0.1, 0.15) is 11.3 Å². The first-order valence-electron chi connectivity index (χ1n) is 7.71. The molecule has 0 spiro atoms. The van der Waals surface area contributed by atoms with Crippen molar-refractivity contribution in [3.05, 3.63) is 30.0 Å². The van der Waals surface area contributed by atoms with Crippen molar-refractivity contribution in [2.45, 2.75) is 11.8 Å². The first-order valence-corrected chi connectivity index (χ1v) is 9.15. The molecule has 0 unspecified atom stereocenters. The molecule has 1 aromatic carbocycles. The van der Waals surface area contributed by atoms with Gasteiger partial charge in [0.15, 0.2) is 11.4 Å². The summed E-state index contributed by atoms with van der Waals surface area (Å²) in [6.07, 6.45) is 0. The smallest absolute Gasteiger partial charge is 0.301 e. The van der Waals surface area contributed by atoms with E-state index < -0.39 is 10.0 Å². The average Bonchev–Trinajstić information content (AvgIpc) is 3.20. The number of sulfonamides is 1. The average molecular weight is 364 g/mol. The van der Waals surface area contributed by atoms with Crippen LogP contribution in [-0.2, 0) is 14.8 Å². The minimum Gasteiger partial charge on any atom is -0.423 e. The van der Waals surface area contributed by atoms with Crippen molar-refractivity contribution in [1.82, 2.24) is 14.4 Å². The van der Waals surface area contributed by atoms with Crippen molar-refractivity contribution >= 4 is 33.0 Å². The van der Waals surface area contributed by atoms with Gasteiger partial charge in [0.2, 0.25) is 10.0 Å². The van der Waals surface area contributed by atoms with Crippen molar-refractivity contribution in [2.24, 2.45) is 0 Å². The first-order chi connectivity index (χ1) is 12.0. The minimum absolute atomic E-state index is 0.180. The number of hydrogen-bond acceptors (Lipinski definition) is 8. The molecular weight excluding hydrogens is 348 g/mol. The largest absolute Gasteiger partial charge is 0.423 e. The number of rotatable bonds is 4. The predicted molar refractivity (Wildman–Crippen MR) is 88.1 cm³/mol. The number of nitrogens with zero attached hydrogens (tertiary/aromatic N) is 3. The number of oxazole rings is 1. The van der Waals surface area contributed by atoms with Crippen LogP contribution in [-0.4, -0.2) is 49.2 Å². The van der Waals surface area contributed by atoms with Crippen LogP contribution in [0.5, 0.6) is 0 Å². The van der Waals surface area contributed by atoms with Gasteiger partial charge in [-0.05, 0) is 25.1 Å². The van der Waals surface area contributed by atoms with Crippen molar-refractivity contribution in [3.63, 3.8) is 0 Å². The monoisotopic (exact) mass is 364 g/mol. The molecule has 0 atom stereocenters. The number of fused-ring (bicyclic) bond motifs is 1. The van der Waals surface area contributed by atoms with Gasteiger partial charge < -0.3 is 13.7 Å². The van der Waals surface area contributed by atoms with Crippen molar-refractivity contribution in [2.75, 3.05) is 31.6 Å². The Morgan fingerprint density at radius 1 is 1.20 bits per heavy atom. The Bertz CT molecular complexity index is 1000. The van der Waals surface area contributed by atoms with Crippen LogP contribution in [0.3, 0.4) is 0 Å². The van der Waals surface area contributed by atoms with Crippen LogP contribution in [0.15, 0.2) is 38.1 Å². The summed E-state index contributed by atoms with van der Waals surface area (Å²) in [4.78, 5) is 4.45. The molecule has 1 N–H and O–H groups in total. The highest BCUT2D eigenvalue weighted by Crippen LogP contribution is 2.26. The third-order valence-electron chi connectivity index (χ3n) is 3.83. The van der Waals surface area contributed by atoms with Crippen LogP contribution in [0.25, 0.3) is 11.1 Å². The Kier molecular flexibility index (Phi) is 3.94. The van der Waals surface area contributed by atoms with E-state index in [4.69, 9.17) is 13.7 Å². The maximum atomic E-state index is 12.7. The lowest BCUT2D eigenvalue weighted by Gasteiger charge is -2.25. The number of anilines is 2. The molecule has 25 heavy (non-hydrogen) atoms. The van der Waals surface area contributed by atoms with Crippen molar-refractivity contribution < 1.29 is 22.1 Å². The fraction of sp³-hybridized carbons (Fsp3) is 0.333. The summed E-state index contributed by atoms with van der Waals surface area (Å²) < 4.78 is 42.6. The lowest BCUT2D eigenvalue weighted by atomic mass is 10.3. The van der Waals surface area contributed by atoms with E-state index in [1.807, 2.05) is 0 Å². The summed E-state index contributed by atoms with van der Waals surface area (Å²) in [7, 11) is -3.58. The molecule has 0 bridgehead atoms. The minimum atomic E-state index is -3.58. The fourth-order valence-corrected chi connectivity index (χ4v) is 4.02. The molecule has 3 heterocycles. The maximum absolute atomic E-state index is 12.7. The molecule has 2 aromatic heterocycles. The molecule has 1 aliphatic rings. The van der Waals surface area contributed by atoms with E-state index in [0.717, 1.165) is 0 Å². The standard InChI is InChI=1S/C15H16N4O5S/c1-10-8-14(18-24-10)17-15-16-12-9-11(2-3-13(12)23-15)25(20,21)19-4-6-22-7-5-19/h2-3,8-9H,4-7H2,1H3,(H,16,17,18). The van der Waals surface area contributed by atoms with E-state index in [9.17, 15) is 8.42 Å². The van der Waals surface area contributed by atoms with Gasteiger partial charge in [-0.3, -0.25) is 5.32 Å². The Hall–Kier alpha value is -2.43. The number of ether oxygens (including phenoxy) is 1. The van der Waals surface area contributed by atoms with E-state index in [-0.39, 0.29) is 10.9 Å². The molecule has 0 aliphatic carbocycles. The second-order valence-corrected chi connectivity index (χ2v) is 7.55. The number of hydrogen-bond donors (Lipinski definition) is 1. The molecule has 0 saturated carbocycles. The quantitative estimate of drug-likeness (QED) is 0.747. The third kappa shape index (κ3) is 3.11. The Morgan fingerprint density at radius 2 is 2.00 bits per heavy atom. The van der Waals surface area contributed by atoms with Crippen LogP contribution >= 0.6 is 0 Å². The molecular formula is C15H16N4O5S. The van der Waals surface area contributed by atoms with E-state index in [1.165, 1.54) is 16.4 Å². The van der Waals surface area contributed by atoms with Crippen LogP contribution in [0.2, 0.25) is 0 Å². The van der Waals surface area contributed by atoms with Gasteiger partial charge in [0, 0.05) is 19.2 Å². The normalized spacial score (nSPS) is 16.4. The molecule has 132 valence electrons. The lowest BCUT2D eigenvalue weighted by Crippen LogP contribution is -2.40. The summed E-state index contributed by atoms with van der Waals surface area (Å²) in [6, 6.07) is 6.52. The molecule has 10 heteroatoms. The number of nitrogens with one attached hydrogen (secondary N) is 1. The second-order valence-electron chi connectivity index (χ2n) is 5.61. The highest BCUT2D eigenvalue weighted by Gasteiger charge is 2.27. The molecule has 1 saturated heterocycles. The van der Waals surface area contributed by atoms with Crippen LogP contribution < -0.4 is 5.32 Å². The van der Waals surface area contributed by atoms with Crippen molar-refractivity contribution in [3.8, 4) is 0 Å². The van der Waals surface area contributed by atoms with Gasteiger partial charge >= 0.3 is 6.01 Å².